The van der Waals surface area contributed by atoms with E-state index in [1.165, 1.54) is 16.6 Å². The third kappa shape index (κ3) is 3.63. The molecule has 4 rings (SSSR count). The Hall–Kier alpha value is -2.78. The van der Waals surface area contributed by atoms with Crippen molar-refractivity contribution in [2.45, 2.75) is 30.7 Å². The number of carbonyl (C=O) groups is 1. The Morgan fingerprint density at radius 3 is 2.86 bits per heavy atom. The number of aromatic nitrogens is 3. The fourth-order valence-corrected chi connectivity index (χ4v) is 5.24. The molecule has 0 saturated carbocycles. The highest BCUT2D eigenvalue weighted by molar-refractivity contribution is 7.89. The van der Waals surface area contributed by atoms with E-state index in [9.17, 15) is 13.2 Å². The summed E-state index contributed by atoms with van der Waals surface area (Å²) in [5, 5.41) is 0.960. The van der Waals surface area contributed by atoms with Gasteiger partial charge in [0.1, 0.15) is 16.8 Å². The first kappa shape index (κ1) is 19.5. The lowest BCUT2D eigenvalue weighted by atomic mass is 9.99. The summed E-state index contributed by atoms with van der Waals surface area (Å²) in [7, 11) is -3.63. The highest BCUT2D eigenvalue weighted by Gasteiger charge is 2.34. The number of fused-ring (bicyclic) bond motifs is 1. The van der Waals surface area contributed by atoms with Gasteiger partial charge in [-0.3, -0.25) is 0 Å². The molecule has 0 aliphatic carbocycles. The quantitative estimate of drug-likeness (QED) is 0.550. The van der Waals surface area contributed by atoms with Crippen LogP contribution in [0, 0.1) is 0 Å². The molecule has 1 saturated heterocycles. The van der Waals surface area contributed by atoms with E-state index >= 15 is 0 Å². The van der Waals surface area contributed by atoms with Gasteiger partial charge in [0.2, 0.25) is 15.9 Å². The molecule has 8 nitrogen and oxygen atoms in total. The molecule has 0 radical (unpaired) electrons. The molecule has 0 aromatic carbocycles. The molecule has 1 unspecified atom stereocenters. The molecule has 1 aliphatic heterocycles. The van der Waals surface area contributed by atoms with Gasteiger partial charge in [-0.25, -0.2) is 18.4 Å². The summed E-state index contributed by atoms with van der Waals surface area (Å²) in [5.74, 6) is 0.446. The number of rotatable bonds is 7. The fourth-order valence-electron chi connectivity index (χ4n) is 3.80. The van der Waals surface area contributed by atoms with Crippen molar-refractivity contribution in [3.8, 4) is 5.88 Å². The summed E-state index contributed by atoms with van der Waals surface area (Å²) in [4.78, 5) is 19.6. The van der Waals surface area contributed by atoms with Gasteiger partial charge in [0.05, 0.1) is 19.3 Å². The molecule has 3 aromatic rings. The molecule has 3 aromatic heterocycles. The predicted octanol–water partition coefficient (Wildman–Crippen LogP) is 2.21. The van der Waals surface area contributed by atoms with Gasteiger partial charge in [0.15, 0.2) is 0 Å². The molecular formula is C20H22N4O4S. The maximum Gasteiger partial charge on any atom is 0.244 e. The van der Waals surface area contributed by atoms with Crippen LogP contribution in [-0.4, -0.2) is 53.2 Å². The number of pyridine rings is 2. The summed E-state index contributed by atoms with van der Waals surface area (Å²) < 4.78 is 34.7. The number of hydrogen-bond acceptors (Lipinski definition) is 6. The minimum atomic E-state index is -3.63. The SMILES string of the molecule is CCOc1ccc(S(=O)(=O)N2CCC(c3cn(CC=O)c4ncccc34)C2)cn1. The van der Waals surface area contributed by atoms with Crippen molar-refractivity contribution in [2.75, 3.05) is 19.7 Å². The molecule has 0 spiro atoms. The lowest BCUT2D eigenvalue weighted by molar-refractivity contribution is -0.108. The van der Waals surface area contributed by atoms with Gasteiger partial charge in [-0.15, -0.1) is 0 Å². The Labute approximate surface area is 169 Å². The van der Waals surface area contributed by atoms with Crippen molar-refractivity contribution in [3.05, 3.63) is 48.4 Å². The Morgan fingerprint density at radius 2 is 2.14 bits per heavy atom. The fraction of sp³-hybridized carbons (Fsp3) is 0.350. The van der Waals surface area contributed by atoms with Crippen LogP contribution in [0.5, 0.6) is 5.88 Å². The molecule has 0 N–H and O–H groups in total. The third-order valence-corrected chi connectivity index (χ3v) is 7.01. The monoisotopic (exact) mass is 414 g/mol. The second-order valence-corrected chi connectivity index (χ2v) is 8.83. The lowest BCUT2D eigenvalue weighted by Crippen LogP contribution is -2.28. The topological polar surface area (TPSA) is 94.4 Å². The van der Waals surface area contributed by atoms with Gasteiger partial charge >= 0.3 is 0 Å². The molecule has 152 valence electrons. The number of carbonyl (C=O) groups excluding carboxylic acids is 1. The van der Waals surface area contributed by atoms with Crippen LogP contribution >= 0.6 is 0 Å². The van der Waals surface area contributed by atoms with Gasteiger partial charge in [0, 0.05) is 42.9 Å². The minimum Gasteiger partial charge on any atom is -0.478 e. The maximum atomic E-state index is 13.0. The van der Waals surface area contributed by atoms with Crippen molar-refractivity contribution in [2.24, 2.45) is 0 Å². The van der Waals surface area contributed by atoms with E-state index in [0.717, 1.165) is 22.9 Å². The predicted molar refractivity (Wildman–Crippen MR) is 107 cm³/mol. The van der Waals surface area contributed by atoms with Crippen LogP contribution in [0.25, 0.3) is 11.0 Å². The second kappa shape index (κ2) is 7.92. The summed E-state index contributed by atoms with van der Waals surface area (Å²) in [5.41, 5.74) is 1.77. The van der Waals surface area contributed by atoms with Crippen molar-refractivity contribution >= 4 is 27.3 Å². The lowest BCUT2D eigenvalue weighted by Gasteiger charge is -2.16. The molecule has 4 heterocycles. The number of sulfonamides is 1. The van der Waals surface area contributed by atoms with Gasteiger partial charge in [-0.2, -0.15) is 4.31 Å². The van der Waals surface area contributed by atoms with Gasteiger partial charge < -0.3 is 14.1 Å². The van der Waals surface area contributed by atoms with Crippen LogP contribution in [0.4, 0.5) is 0 Å². The average Bonchev–Trinajstić information content (AvgIpc) is 3.35. The van der Waals surface area contributed by atoms with Crippen molar-refractivity contribution < 1.29 is 17.9 Å². The molecule has 1 atom stereocenters. The highest BCUT2D eigenvalue weighted by Crippen LogP contribution is 2.35. The Bertz CT molecular complexity index is 1130. The maximum absolute atomic E-state index is 13.0. The summed E-state index contributed by atoms with van der Waals surface area (Å²) >= 11 is 0. The molecule has 0 bridgehead atoms. The number of nitrogens with zero attached hydrogens (tertiary/aromatic N) is 4. The molecule has 29 heavy (non-hydrogen) atoms. The second-order valence-electron chi connectivity index (χ2n) is 6.89. The average molecular weight is 414 g/mol. The van der Waals surface area contributed by atoms with E-state index in [0.29, 0.717) is 32.0 Å². The number of aldehydes is 1. The molecule has 0 amide bonds. The van der Waals surface area contributed by atoms with E-state index in [2.05, 4.69) is 9.97 Å². The number of hydrogen-bond donors (Lipinski definition) is 0. The van der Waals surface area contributed by atoms with E-state index in [1.54, 1.807) is 12.3 Å². The highest BCUT2D eigenvalue weighted by atomic mass is 32.2. The van der Waals surface area contributed by atoms with E-state index < -0.39 is 10.0 Å². The zero-order valence-electron chi connectivity index (χ0n) is 16.1. The molecule has 1 aliphatic rings. The first-order chi connectivity index (χ1) is 14.0. The van der Waals surface area contributed by atoms with Gasteiger partial charge in [-0.05, 0) is 37.1 Å². The normalized spacial score (nSPS) is 17.6. The van der Waals surface area contributed by atoms with Gasteiger partial charge in [0.25, 0.3) is 0 Å². The molecule has 9 heteroatoms. The van der Waals surface area contributed by atoms with Gasteiger partial charge in [-0.1, -0.05) is 0 Å². The Balaban J connectivity index is 1.59. The summed E-state index contributed by atoms with van der Waals surface area (Å²) in [6.07, 6.45) is 6.50. The first-order valence-corrected chi connectivity index (χ1v) is 10.9. The van der Waals surface area contributed by atoms with Crippen molar-refractivity contribution in [1.29, 1.82) is 0 Å². The smallest absolute Gasteiger partial charge is 0.244 e. The zero-order valence-corrected chi connectivity index (χ0v) is 16.9. The largest absolute Gasteiger partial charge is 0.478 e. The van der Waals surface area contributed by atoms with Crippen LogP contribution in [-0.2, 0) is 21.4 Å². The van der Waals surface area contributed by atoms with Crippen LogP contribution in [0.1, 0.15) is 24.8 Å². The minimum absolute atomic E-state index is 0.0417. The zero-order chi connectivity index (χ0) is 20.4. The standard InChI is InChI=1S/C20H22N4O4S/c1-2-28-19-6-5-16(12-22-19)29(26,27)24-9-7-15(13-24)18-14-23(10-11-25)20-17(18)4-3-8-21-20/h3-6,8,11-12,14-15H,2,7,9-10,13H2,1H3. The Morgan fingerprint density at radius 1 is 1.28 bits per heavy atom. The number of ether oxygens (including phenoxy) is 1. The summed E-state index contributed by atoms with van der Waals surface area (Å²) in [6, 6.07) is 6.92. The van der Waals surface area contributed by atoms with Crippen LogP contribution < -0.4 is 4.74 Å². The van der Waals surface area contributed by atoms with E-state index in [-0.39, 0.29) is 17.4 Å². The van der Waals surface area contributed by atoms with Crippen LogP contribution in [0.15, 0.2) is 47.8 Å². The molecule has 1 fully saturated rings. The Kier molecular flexibility index (Phi) is 5.33. The van der Waals surface area contributed by atoms with E-state index in [4.69, 9.17) is 4.74 Å². The third-order valence-electron chi connectivity index (χ3n) is 5.17. The van der Waals surface area contributed by atoms with E-state index in [1.807, 2.05) is 29.8 Å². The first-order valence-electron chi connectivity index (χ1n) is 9.51. The summed E-state index contributed by atoms with van der Waals surface area (Å²) in [6.45, 7) is 3.35. The van der Waals surface area contributed by atoms with Crippen molar-refractivity contribution in [1.82, 2.24) is 18.8 Å². The van der Waals surface area contributed by atoms with Crippen LogP contribution in [0.2, 0.25) is 0 Å². The molecular weight excluding hydrogens is 392 g/mol. The van der Waals surface area contributed by atoms with Crippen LogP contribution in [0.3, 0.4) is 0 Å². The van der Waals surface area contributed by atoms with Crippen molar-refractivity contribution in [3.63, 3.8) is 0 Å².